The van der Waals surface area contributed by atoms with Crippen LogP contribution in [0.2, 0.25) is 0 Å². The molecule has 0 saturated carbocycles. The van der Waals surface area contributed by atoms with E-state index in [9.17, 15) is 9.59 Å². The van der Waals surface area contributed by atoms with Crippen LogP contribution in [0.1, 0.15) is 15.9 Å². The first-order valence-corrected chi connectivity index (χ1v) is 9.75. The normalized spacial score (nSPS) is 10.7. The second-order valence-corrected chi connectivity index (χ2v) is 6.78. The molecule has 0 aliphatic heterocycles. The summed E-state index contributed by atoms with van der Waals surface area (Å²) in [5.41, 5.74) is 1.73. The highest BCUT2D eigenvalue weighted by molar-refractivity contribution is 7.80. The lowest BCUT2D eigenvalue weighted by Gasteiger charge is -2.12. The zero-order valence-corrected chi connectivity index (χ0v) is 16.9. The number of aliphatic hydroxyl groups excluding tert-OH is 1. The molecule has 0 radical (unpaired) electrons. The van der Waals surface area contributed by atoms with E-state index >= 15 is 0 Å². The van der Waals surface area contributed by atoms with Gasteiger partial charge in [0.25, 0.3) is 5.91 Å². The Bertz CT molecular complexity index is 1110. The van der Waals surface area contributed by atoms with Gasteiger partial charge in [0.15, 0.2) is 5.11 Å². The summed E-state index contributed by atoms with van der Waals surface area (Å²) in [4.78, 5) is 24.5. The number of aliphatic hydroxyl groups is 1. The first-order chi connectivity index (χ1) is 14.6. The Kier molecular flexibility index (Phi) is 7.26. The van der Waals surface area contributed by atoms with E-state index in [0.29, 0.717) is 11.3 Å². The van der Waals surface area contributed by atoms with E-state index in [1.54, 1.807) is 30.3 Å². The molecule has 6 nitrogen and oxygen atoms in total. The number of anilines is 1. The maximum atomic E-state index is 12.3. The molecule has 0 aliphatic rings. The van der Waals surface area contributed by atoms with Crippen molar-refractivity contribution in [3.63, 3.8) is 0 Å². The Hall–Kier alpha value is -3.55. The number of nitrogens with one attached hydrogen (secondary N) is 3. The van der Waals surface area contributed by atoms with Gasteiger partial charge in [-0.3, -0.25) is 14.9 Å². The summed E-state index contributed by atoms with van der Waals surface area (Å²) in [6.45, 7) is -0.00778. The van der Waals surface area contributed by atoms with Crippen LogP contribution in [0.5, 0.6) is 0 Å². The van der Waals surface area contributed by atoms with E-state index in [1.165, 1.54) is 6.08 Å². The molecule has 2 amide bonds. The second-order valence-electron chi connectivity index (χ2n) is 6.37. The van der Waals surface area contributed by atoms with Gasteiger partial charge in [0.05, 0.1) is 17.9 Å². The third kappa shape index (κ3) is 5.50. The van der Waals surface area contributed by atoms with Gasteiger partial charge in [0.1, 0.15) is 0 Å². The summed E-state index contributed by atoms with van der Waals surface area (Å²) >= 11 is 5.21. The number of fused-ring (bicyclic) bond motifs is 1. The number of benzene rings is 3. The van der Waals surface area contributed by atoms with Crippen molar-refractivity contribution in [1.29, 1.82) is 0 Å². The summed E-state index contributed by atoms with van der Waals surface area (Å²) in [6, 6.07) is 20.6. The highest BCUT2D eigenvalue weighted by Gasteiger charge is 2.12. The quantitative estimate of drug-likeness (QED) is 0.364. The van der Waals surface area contributed by atoms with Crippen molar-refractivity contribution >= 4 is 51.7 Å². The van der Waals surface area contributed by atoms with E-state index < -0.39 is 0 Å². The van der Waals surface area contributed by atoms with Crippen molar-refractivity contribution in [3.05, 3.63) is 83.9 Å². The predicted molar refractivity (Wildman–Crippen MR) is 123 cm³/mol. The largest absolute Gasteiger partial charge is 0.395 e. The lowest BCUT2D eigenvalue weighted by atomic mass is 10.0. The molecule has 0 fully saturated rings. The first-order valence-electron chi connectivity index (χ1n) is 9.34. The van der Waals surface area contributed by atoms with Gasteiger partial charge in [-0.1, -0.05) is 54.6 Å². The molecule has 3 rings (SSSR count). The van der Waals surface area contributed by atoms with Gasteiger partial charge in [-0.15, -0.1) is 0 Å². The Balaban J connectivity index is 1.65. The Labute approximate surface area is 179 Å². The zero-order valence-electron chi connectivity index (χ0n) is 16.1. The van der Waals surface area contributed by atoms with Crippen LogP contribution in [0.4, 0.5) is 5.69 Å². The number of para-hydroxylation sites is 1. The maximum Gasteiger partial charge on any atom is 0.253 e. The van der Waals surface area contributed by atoms with Crippen LogP contribution in [0.15, 0.2) is 72.8 Å². The van der Waals surface area contributed by atoms with Gasteiger partial charge in [-0.05, 0) is 46.8 Å². The zero-order chi connectivity index (χ0) is 21.3. The third-order valence-electron chi connectivity index (χ3n) is 4.29. The molecule has 0 spiro atoms. The summed E-state index contributed by atoms with van der Waals surface area (Å²) < 4.78 is 0. The smallest absolute Gasteiger partial charge is 0.253 e. The molecule has 0 aliphatic carbocycles. The third-order valence-corrected chi connectivity index (χ3v) is 4.50. The molecule has 0 aromatic heterocycles. The fraction of sp³-hybridized carbons (Fsp3) is 0.0870. The van der Waals surface area contributed by atoms with Gasteiger partial charge in [0.2, 0.25) is 5.91 Å². The van der Waals surface area contributed by atoms with Crippen LogP contribution >= 0.6 is 12.2 Å². The minimum absolute atomic E-state index is 0.0741. The van der Waals surface area contributed by atoms with Gasteiger partial charge in [-0.25, -0.2) is 0 Å². The predicted octanol–water partition coefficient (Wildman–Crippen LogP) is 3.09. The molecule has 0 unspecified atom stereocenters. The molecular weight excluding hydrogens is 398 g/mol. The second kappa shape index (κ2) is 10.3. The molecule has 0 bridgehead atoms. The standard InChI is InChI=1S/C23H21N3O3S/c27-15-14-24-22(29)19-10-3-4-11-20(19)25-23(30)26-21(28)13-12-17-8-5-7-16-6-1-2-9-18(16)17/h1-13,27H,14-15H2,(H,24,29)(H2,25,26,28,30)/b13-12+. The van der Waals surface area contributed by atoms with E-state index in [-0.39, 0.29) is 30.1 Å². The molecule has 30 heavy (non-hydrogen) atoms. The summed E-state index contributed by atoms with van der Waals surface area (Å²) in [6.07, 6.45) is 3.15. The van der Waals surface area contributed by atoms with Gasteiger partial charge >= 0.3 is 0 Å². The molecule has 0 heterocycles. The summed E-state index contributed by atoms with van der Waals surface area (Å²) in [5, 5.41) is 19.1. The van der Waals surface area contributed by atoms with E-state index in [4.69, 9.17) is 17.3 Å². The number of rotatable bonds is 6. The monoisotopic (exact) mass is 419 g/mol. The van der Waals surface area contributed by atoms with Crippen molar-refractivity contribution in [2.75, 3.05) is 18.5 Å². The van der Waals surface area contributed by atoms with Crippen molar-refractivity contribution in [2.24, 2.45) is 0 Å². The van der Waals surface area contributed by atoms with Gasteiger partial charge in [-0.2, -0.15) is 0 Å². The number of thiocarbonyl (C=S) groups is 1. The number of carbonyl (C=O) groups excluding carboxylic acids is 2. The average molecular weight is 420 g/mol. The summed E-state index contributed by atoms with van der Waals surface area (Å²) in [5.74, 6) is -0.736. The van der Waals surface area contributed by atoms with Crippen LogP contribution in [0, 0.1) is 0 Å². The topological polar surface area (TPSA) is 90.5 Å². The molecule has 3 aromatic carbocycles. The fourth-order valence-corrected chi connectivity index (χ4v) is 3.13. The average Bonchev–Trinajstić information content (AvgIpc) is 2.76. The molecule has 0 atom stereocenters. The maximum absolute atomic E-state index is 12.3. The molecule has 4 N–H and O–H groups in total. The number of carbonyl (C=O) groups is 2. The van der Waals surface area contributed by atoms with Crippen LogP contribution in [-0.2, 0) is 4.79 Å². The molecule has 7 heteroatoms. The Morgan fingerprint density at radius 1 is 0.967 bits per heavy atom. The lowest BCUT2D eigenvalue weighted by molar-refractivity contribution is -0.115. The van der Waals surface area contributed by atoms with Crippen molar-refractivity contribution in [1.82, 2.24) is 10.6 Å². The minimum atomic E-state index is -0.386. The van der Waals surface area contributed by atoms with E-state index in [1.807, 2.05) is 42.5 Å². The number of hydrogen-bond donors (Lipinski definition) is 4. The van der Waals surface area contributed by atoms with Crippen LogP contribution < -0.4 is 16.0 Å². The van der Waals surface area contributed by atoms with Crippen LogP contribution in [-0.4, -0.2) is 35.2 Å². The van der Waals surface area contributed by atoms with E-state index in [2.05, 4.69) is 16.0 Å². The van der Waals surface area contributed by atoms with Gasteiger partial charge < -0.3 is 15.7 Å². The molecule has 3 aromatic rings. The van der Waals surface area contributed by atoms with Crippen molar-refractivity contribution in [3.8, 4) is 0 Å². The van der Waals surface area contributed by atoms with E-state index in [0.717, 1.165) is 16.3 Å². The van der Waals surface area contributed by atoms with Crippen molar-refractivity contribution in [2.45, 2.75) is 0 Å². The highest BCUT2D eigenvalue weighted by Crippen LogP contribution is 2.19. The van der Waals surface area contributed by atoms with Gasteiger partial charge in [0, 0.05) is 12.6 Å². The fourth-order valence-electron chi connectivity index (χ4n) is 2.92. The number of amides is 2. The van der Waals surface area contributed by atoms with Crippen molar-refractivity contribution < 1.29 is 14.7 Å². The number of hydrogen-bond acceptors (Lipinski definition) is 4. The minimum Gasteiger partial charge on any atom is -0.395 e. The molecular formula is C23H21N3O3S. The molecule has 152 valence electrons. The SMILES string of the molecule is O=C(/C=C/c1cccc2ccccc12)NC(=S)Nc1ccccc1C(=O)NCCO. The Morgan fingerprint density at radius 2 is 1.70 bits per heavy atom. The first kappa shape index (κ1) is 21.2. The Morgan fingerprint density at radius 3 is 2.53 bits per heavy atom. The van der Waals surface area contributed by atoms with Crippen LogP contribution in [0.25, 0.3) is 16.8 Å². The van der Waals surface area contributed by atoms with Crippen LogP contribution in [0.3, 0.4) is 0 Å². The molecule has 0 saturated heterocycles. The lowest BCUT2D eigenvalue weighted by Crippen LogP contribution is -2.34. The highest BCUT2D eigenvalue weighted by atomic mass is 32.1. The summed E-state index contributed by atoms with van der Waals surface area (Å²) in [7, 11) is 0.